The highest BCUT2D eigenvalue weighted by Crippen LogP contribution is 2.26. The fourth-order valence-corrected chi connectivity index (χ4v) is 5.28. The van der Waals surface area contributed by atoms with Crippen molar-refractivity contribution in [3.8, 4) is 11.1 Å². The molecule has 0 saturated carbocycles. The average molecular weight is 402 g/mol. The van der Waals surface area contributed by atoms with Gasteiger partial charge >= 0.3 is 5.97 Å². The lowest BCUT2D eigenvalue weighted by molar-refractivity contribution is 0.0602. The first-order chi connectivity index (χ1) is 12.9. The molecule has 5 nitrogen and oxygen atoms in total. The number of nitrogens with one attached hydrogen (secondary N) is 1. The lowest BCUT2D eigenvalue weighted by atomic mass is 10.0. The molecule has 0 aliphatic carbocycles. The highest BCUT2D eigenvalue weighted by molar-refractivity contribution is 7.89. The van der Waals surface area contributed by atoms with E-state index in [0.717, 1.165) is 28.0 Å². The van der Waals surface area contributed by atoms with E-state index in [4.69, 9.17) is 0 Å². The van der Waals surface area contributed by atoms with Crippen LogP contribution < -0.4 is 4.72 Å². The number of ether oxygens (including phenoxy) is 1. The van der Waals surface area contributed by atoms with Gasteiger partial charge in [0.25, 0.3) is 0 Å². The van der Waals surface area contributed by atoms with Gasteiger partial charge in [-0.1, -0.05) is 54.6 Å². The Morgan fingerprint density at radius 3 is 2.26 bits per heavy atom. The molecular weight excluding hydrogens is 382 g/mol. The summed E-state index contributed by atoms with van der Waals surface area (Å²) >= 11 is 1.04. The van der Waals surface area contributed by atoms with Gasteiger partial charge in [0.1, 0.15) is 9.77 Å². The van der Waals surface area contributed by atoms with Crippen molar-refractivity contribution < 1.29 is 17.9 Å². The van der Waals surface area contributed by atoms with Gasteiger partial charge in [-0.2, -0.15) is 0 Å². The van der Waals surface area contributed by atoms with Gasteiger partial charge in [0.2, 0.25) is 10.0 Å². The predicted molar refractivity (Wildman–Crippen MR) is 106 cm³/mol. The van der Waals surface area contributed by atoms with Crippen LogP contribution >= 0.6 is 11.3 Å². The minimum atomic E-state index is -3.85. The molecule has 0 fully saturated rings. The van der Waals surface area contributed by atoms with Crippen molar-refractivity contribution in [1.29, 1.82) is 0 Å². The predicted octanol–water partition coefficient (Wildman–Crippen LogP) is 4.24. The van der Waals surface area contributed by atoms with Crippen molar-refractivity contribution >= 4 is 27.3 Å². The van der Waals surface area contributed by atoms with Crippen LogP contribution in [0.2, 0.25) is 0 Å². The molecule has 0 spiro atoms. The molecule has 1 heterocycles. The van der Waals surface area contributed by atoms with Gasteiger partial charge in [0, 0.05) is 6.04 Å². The Labute approximate surface area is 162 Å². The van der Waals surface area contributed by atoms with Gasteiger partial charge in [-0.15, -0.1) is 11.3 Å². The Balaban J connectivity index is 1.80. The molecule has 0 aliphatic rings. The summed E-state index contributed by atoms with van der Waals surface area (Å²) in [4.78, 5) is 11.8. The minimum Gasteiger partial charge on any atom is -0.465 e. The van der Waals surface area contributed by atoms with Crippen molar-refractivity contribution in [3.63, 3.8) is 0 Å². The normalized spacial score (nSPS) is 12.5. The van der Waals surface area contributed by atoms with E-state index in [0.29, 0.717) is 0 Å². The number of methoxy groups -OCH3 is 1. The third-order valence-corrected chi connectivity index (χ3v) is 6.75. The second kappa shape index (κ2) is 8.04. The van der Waals surface area contributed by atoms with E-state index in [9.17, 15) is 13.2 Å². The zero-order valence-electron chi connectivity index (χ0n) is 14.9. The molecule has 3 rings (SSSR count). The summed E-state index contributed by atoms with van der Waals surface area (Å²) in [6.45, 7) is 1.76. The van der Waals surface area contributed by atoms with Crippen molar-refractivity contribution in [2.24, 2.45) is 0 Å². The standard InChI is InChI=1S/C20H19NO4S2/c1-14(15-8-10-17(11-9-15)16-6-4-3-5-7-16)21-27(23,24)18-12-13-26-19(18)20(22)25-2/h3-14,21H,1-2H3/t14-/m0/s1. The molecule has 0 bridgehead atoms. The van der Waals surface area contributed by atoms with Gasteiger partial charge < -0.3 is 4.74 Å². The van der Waals surface area contributed by atoms with Crippen LogP contribution in [-0.2, 0) is 14.8 Å². The molecule has 0 unspecified atom stereocenters. The number of hydrogen-bond donors (Lipinski definition) is 1. The van der Waals surface area contributed by atoms with Crippen molar-refractivity contribution in [2.75, 3.05) is 7.11 Å². The maximum Gasteiger partial charge on any atom is 0.349 e. The average Bonchev–Trinajstić information content (AvgIpc) is 3.19. The smallest absolute Gasteiger partial charge is 0.349 e. The number of carbonyl (C=O) groups is 1. The molecule has 3 aromatic rings. The lowest BCUT2D eigenvalue weighted by Gasteiger charge is -2.15. The number of hydrogen-bond acceptors (Lipinski definition) is 5. The zero-order chi connectivity index (χ0) is 19.4. The second-order valence-corrected chi connectivity index (χ2v) is 8.54. The second-order valence-electron chi connectivity index (χ2n) is 5.94. The Kier molecular flexibility index (Phi) is 5.74. The fraction of sp³-hybridized carbons (Fsp3) is 0.150. The lowest BCUT2D eigenvalue weighted by Crippen LogP contribution is -2.27. The van der Waals surface area contributed by atoms with Crippen LogP contribution in [0.4, 0.5) is 0 Å². The third kappa shape index (κ3) is 4.27. The quantitative estimate of drug-likeness (QED) is 0.627. The van der Waals surface area contributed by atoms with Crippen LogP contribution in [-0.4, -0.2) is 21.5 Å². The Bertz CT molecular complexity index is 1030. The van der Waals surface area contributed by atoms with E-state index in [2.05, 4.69) is 9.46 Å². The highest BCUT2D eigenvalue weighted by Gasteiger charge is 2.26. The maximum absolute atomic E-state index is 12.7. The van der Waals surface area contributed by atoms with Gasteiger partial charge in [-0.25, -0.2) is 17.9 Å². The Hall–Kier alpha value is -2.48. The van der Waals surface area contributed by atoms with Crippen LogP contribution in [0, 0.1) is 0 Å². The van der Waals surface area contributed by atoms with Crippen LogP contribution in [0.1, 0.15) is 28.2 Å². The first-order valence-electron chi connectivity index (χ1n) is 8.26. The summed E-state index contributed by atoms with van der Waals surface area (Å²) in [6, 6.07) is 18.6. The number of sulfonamides is 1. The molecule has 0 radical (unpaired) electrons. The van der Waals surface area contributed by atoms with Crippen LogP contribution in [0.5, 0.6) is 0 Å². The Morgan fingerprint density at radius 2 is 1.63 bits per heavy atom. The van der Waals surface area contributed by atoms with Gasteiger partial charge in [-0.3, -0.25) is 0 Å². The van der Waals surface area contributed by atoms with E-state index in [-0.39, 0.29) is 9.77 Å². The highest BCUT2D eigenvalue weighted by atomic mass is 32.2. The third-order valence-electron chi connectivity index (χ3n) is 4.14. The molecule has 1 N–H and O–H groups in total. The van der Waals surface area contributed by atoms with Crippen LogP contribution in [0.25, 0.3) is 11.1 Å². The largest absolute Gasteiger partial charge is 0.465 e. The van der Waals surface area contributed by atoms with Gasteiger partial charge in [0.15, 0.2) is 0 Å². The summed E-state index contributed by atoms with van der Waals surface area (Å²) in [5, 5.41) is 1.56. The van der Waals surface area contributed by atoms with E-state index >= 15 is 0 Å². The number of carbonyl (C=O) groups excluding carboxylic acids is 1. The van der Waals surface area contributed by atoms with E-state index < -0.39 is 22.0 Å². The molecule has 27 heavy (non-hydrogen) atoms. The van der Waals surface area contributed by atoms with E-state index in [1.54, 1.807) is 12.3 Å². The number of esters is 1. The number of rotatable bonds is 6. The SMILES string of the molecule is COC(=O)c1sccc1S(=O)(=O)N[C@@H](C)c1ccc(-c2ccccc2)cc1. The summed E-state index contributed by atoms with van der Waals surface area (Å²) in [5.74, 6) is -0.662. The van der Waals surface area contributed by atoms with Crippen molar-refractivity contribution in [1.82, 2.24) is 4.72 Å². The summed E-state index contributed by atoms with van der Waals surface area (Å²) in [6.07, 6.45) is 0. The maximum atomic E-state index is 12.7. The fourth-order valence-electron chi connectivity index (χ4n) is 2.71. The van der Waals surface area contributed by atoms with E-state index in [1.165, 1.54) is 13.2 Å². The van der Waals surface area contributed by atoms with Crippen LogP contribution in [0.15, 0.2) is 70.9 Å². The van der Waals surface area contributed by atoms with Gasteiger partial charge in [0.05, 0.1) is 7.11 Å². The molecule has 1 atom stereocenters. The summed E-state index contributed by atoms with van der Waals surface area (Å²) in [7, 11) is -2.63. The van der Waals surface area contributed by atoms with Crippen LogP contribution in [0.3, 0.4) is 0 Å². The van der Waals surface area contributed by atoms with E-state index in [1.807, 2.05) is 54.6 Å². The molecule has 140 valence electrons. The Morgan fingerprint density at radius 1 is 1.00 bits per heavy atom. The van der Waals surface area contributed by atoms with Crippen molar-refractivity contribution in [2.45, 2.75) is 17.9 Å². The zero-order valence-corrected chi connectivity index (χ0v) is 16.5. The summed E-state index contributed by atoms with van der Waals surface area (Å²) in [5.41, 5.74) is 2.98. The molecular formula is C20H19NO4S2. The number of thiophene rings is 1. The molecule has 0 amide bonds. The first kappa shape index (κ1) is 19.3. The monoisotopic (exact) mass is 401 g/mol. The molecule has 0 aliphatic heterocycles. The molecule has 0 saturated heterocycles. The topological polar surface area (TPSA) is 72.5 Å². The first-order valence-corrected chi connectivity index (χ1v) is 10.6. The number of benzene rings is 2. The van der Waals surface area contributed by atoms with Crippen molar-refractivity contribution in [3.05, 3.63) is 76.5 Å². The summed E-state index contributed by atoms with van der Waals surface area (Å²) < 4.78 is 32.7. The molecule has 7 heteroatoms. The molecule has 2 aromatic carbocycles. The van der Waals surface area contributed by atoms with Gasteiger partial charge in [-0.05, 0) is 35.1 Å². The molecule has 1 aromatic heterocycles. The minimum absolute atomic E-state index is 0.0629.